The minimum Gasteiger partial charge on any atom is -0.314 e. The zero-order valence-electron chi connectivity index (χ0n) is 11.6. The highest BCUT2D eigenvalue weighted by atomic mass is 15.2. The van der Waals surface area contributed by atoms with E-state index in [2.05, 4.69) is 54.9 Å². The van der Waals surface area contributed by atoms with Crippen LogP contribution in [0.4, 0.5) is 0 Å². The monoisotopic (exact) mass is 244 g/mol. The Morgan fingerprint density at radius 3 is 2.72 bits per heavy atom. The van der Waals surface area contributed by atoms with Gasteiger partial charge in [-0.25, -0.2) is 0 Å². The average Bonchev–Trinajstić information content (AvgIpc) is 2.37. The van der Waals surface area contributed by atoms with Crippen molar-refractivity contribution in [3.8, 4) is 0 Å². The van der Waals surface area contributed by atoms with E-state index >= 15 is 0 Å². The molecule has 2 rings (SSSR count). The molecule has 2 nitrogen and oxygen atoms in total. The molecule has 1 fully saturated rings. The summed E-state index contributed by atoms with van der Waals surface area (Å²) < 4.78 is 0. The Labute approximate surface area is 111 Å². The van der Waals surface area contributed by atoms with Crippen LogP contribution in [0.1, 0.15) is 30.5 Å². The molecule has 0 saturated carbocycles. The quantitative estimate of drug-likeness (QED) is 0.819. The van der Waals surface area contributed by atoms with Gasteiger partial charge in [0.05, 0.1) is 0 Å². The summed E-state index contributed by atoms with van der Waals surface area (Å²) in [4.78, 5) is 2.58. The number of aryl methyl sites for hydroxylation is 1. The summed E-state index contributed by atoms with van der Waals surface area (Å²) in [7, 11) is 0. The first-order valence-corrected chi connectivity index (χ1v) is 6.82. The molecule has 0 unspecified atom stereocenters. The smallest absolute Gasteiger partial charge is 0.0386 e. The van der Waals surface area contributed by atoms with Crippen LogP contribution in [0.3, 0.4) is 0 Å². The highest BCUT2D eigenvalue weighted by molar-refractivity contribution is 5.26. The lowest BCUT2D eigenvalue weighted by Crippen LogP contribution is -2.45. The molecule has 1 aromatic rings. The van der Waals surface area contributed by atoms with Crippen LogP contribution >= 0.6 is 0 Å². The van der Waals surface area contributed by atoms with Crippen LogP contribution in [0.15, 0.2) is 36.4 Å². The first kappa shape index (κ1) is 13.3. The van der Waals surface area contributed by atoms with Crippen LogP contribution in [-0.2, 0) is 0 Å². The Hall–Kier alpha value is -1.12. The highest BCUT2D eigenvalue weighted by Gasteiger charge is 2.21. The van der Waals surface area contributed by atoms with Crippen molar-refractivity contribution in [1.29, 1.82) is 0 Å². The van der Waals surface area contributed by atoms with Gasteiger partial charge in [-0.05, 0) is 25.8 Å². The Bertz CT molecular complexity index is 405. The molecule has 0 aromatic heterocycles. The van der Waals surface area contributed by atoms with Crippen molar-refractivity contribution in [3.63, 3.8) is 0 Å². The summed E-state index contributed by atoms with van der Waals surface area (Å²) in [5.74, 6) is 0. The van der Waals surface area contributed by atoms with Gasteiger partial charge in [-0.2, -0.15) is 0 Å². The first-order valence-electron chi connectivity index (χ1n) is 6.82. The van der Waals surface area contributed by atoms with Gasteiger partial charge >= 0.3 is 0 Å². The Kier molecular flexibility index (Phi) is 4.56. The van der Waals surface area contributed by atoms with E-state index in [0.717, 1.165) is 32.6 Å². The summed E-state index contributed by atoms with van der Waals surface area (Å²) in [5, 5.41) is 3.42. The van der Waals surface area contributed by atoms with Gasteiger partial charge in [0.25, 0.3) is 0 Å². The number of hydrogen-bond acceptors (Lipinski definition) is 2. The summed E-state index contributed by atoms with van der Waals surface area (Å²) >= 11 is 0. The van der Waals surface area contributed by atoms with E-state index in [1.807, 2.05) is 0 Å². The van der Waals surface area contributed by atoms with Crippen LogP contribution in [0.5, 0.6) is 0 Å². The molecule has 18 heavy (non-hydrogen) atoms. The van der Waals surface area contributed by atoms with Crippen LogP contribution in [0.2, 0.25) is 0 Å². The number of benzene rings is 1. The molecule has 1 aromatic carbocycles. The van der Waals surface area contributed by atoms with Gasteiger partial charge < -0.3 is 5.32 Å². The van der Waals surface area contributed by atoms with Crippen molar-refractivity contribution in [2.45, 2.75) is 26.3 Å². The second-order valence-corrected chi connectivity index (χ2v) is 5.38. The molecule has 98 valence electrons. The minimum atomic E-state index is 0.490. The molecule has 0 aliphatic carbocycles. The van der Waals surface area contributed by atoms with Crippen LogP contribution in [0, 0.1) is 6.92 Å². The second-order valence-electron chi connectivity index (χ2n) is 5.38. The lowest BCUT2D eigenvalue weighted by atomic mass is 9.97. The minimum absolute atomic E-state index is 0.490. The van der Waals surface area contributed by atoms with Crippen molar-refractivity contribution < 1.29 is 0 Å². The molecule has 0 radical (unpaired) electrons. The van der Waals surface area contributed by atoms with Crippen LogP contribution in [0.25, 0.3) is 0 Å². The van der Waals surface area contributed by atoms with Crippen molar-refractivity contribution in [3.05, 3.63) is 47.5 Å². The van der Waals surface area contributed by atoms with Crippen molar-refractivity contribution in [1.82, 2.24) is 10.2 Å². The van der Waals surface area contributed by atoms with Gasteiger partial charge in [-0.3, -0.25) is 4.90 Å². The lowest BCUT2D eigenvalue weighted by molar-refractivity contribution is 0.172. The summed E-state index contributed by atoms with van der Waals surface area (Å²) in [6.07, 6.45) is 1.06. The maximum Gasteiger partial charge on any atom is 0.0386 e. The Morgan fingerprint density at radius 2 is 2.11 bits per heavy atom. The van der Waals surface area contributed by atoms with Gasteiger partial charge in [0.1, 0.15) is 0 Å². The van der Waals surface area contributed by atoms with E-state index in [9.17, 15) is 0 Å². The van der Waals surface area contributed by atoms with E-state index in [1.54, 1.807) is 0 Å². The number of hydrogen-bond donors (Lipinski definition) is 1. The van der Waals surface area contributed by atoms with Gasteiger partial charge in [-0.1, -0.05) is 35.4 Å². The summed E-state index contributed by atoms with van der Waals surface area (Å²) in [6.45, 7) is 12.8. The predicted octanol–water partition coefficient (Wildman–Crippen LogP) is 2.91. The van der Waals surface area contributed by atoms with E-state index < -0.39 is 0 Å². The molecule has 1 heterocycles. The summed E-state index contributed by atoms with van der Waals surface area (Å²) in [6, 6.07) is 9.39. The predicted molar refractivity (Wildman–Crippen MR) is 77.8 cm³/mol. The Morgan fingerprint density at radius 1 is 1.39 bits per heavy atom. The summed E-state index contributed by atoms with van der Waals surface area (Å²) in [5.41, 5.74) is 4.04. The topological polar surface area (TPSA) is 15.3 Å². The third-order valence-electron chi connectivity index (χ3n) is 3.56. The van der Waals surface area contributed by atoms with Gasteiger partial charge in [0.15, 0.2) is 0 Å². The third-order valence-corrected chi connectivity index (χ3v) is 3.56. The fourth-order valence-electron chi connectivity index (χ4n) is 2.66. The lowest BCUT2D eigenvalue weighted by Gasteiger charge is -2.35. The van der Waals surface area contributed by atoms with Gasteiger partial charge in [-0.15, -0.1) is 6.58 Å². The second kappa shape index (κ2) is 6.17. The molecular formula is C16H24N2. The number of piperazine rings is 1. The maximum atomic E-state index is 4.10. The molecular weight excluding hydrogens is 220 g/mol. The van der Waals surface area contributed by atoms with Gasteiger partial charge in [0.2, 0.25) is 0 Å². The molecule has 1 aliphatic heterocycles. The fraction of sp³-hybridized carbons (Fsp3) is 0.500. The third kappa shape index (κ3) is 3.44. The Balaban J connectivity index is 2.20. The number of rotatable bonds is 4. The molecule has 0 bridgehead atoms. The van der Waals surface area contributed by atoms with Crippen LogP contribution < -0.4 is 5.32 Å². The first-order chi connectivity index (χ1) is 8.66. The molecule has 2 heteroatoms. The molecule has 1 saturated heterocycles. The molecule has 1 N–H and O–H groups in total. The largest absolute Gasteiger partial charge is 0.314 e. The standard InChI is InChI=1S/C16H24N2/c1-13(2)11-16(18-9-7-17-8-10-18)15-6-4-5-14(3)12-15/h4-6,12,16-17H,1,7-11H2,2-3H3/t16-/m0/s1. The van der Waals surface area contributed by atoms with Crippen LogP contribution in [-0.4, -0.2) is 31.1 Å². The average molecular weight is 244 g/mol. The van der Waals surface area contributed by atoms with E-state index in [-0.39, 0.29) is 0 Å². The molecule has 1 atom stereocenters. The number of nitrogens with one attached hydrogen (secondary N) is 1. The van der Waals surface area contributed by atoms with Crippen molar-refractivity contribution in [2.24, 2.45) is 0 Å². The van der Waals surface area contributed by atoms with E-state index in [4.69, 9.17) is 0 Å². The zero-order chi connectivity index (χ0) is 13.0. The molecule has 1 aliphatic rings. The van der Waals surface area contributed by atoms with E-state index in [0.29, 0.717) is 6.04 Å². The molecule has 0 amide bonds. The number of nitrogens with zero attached hydrogens (tertiary/aromatic N) is 1. The highest BCUT2D eigenvalue weighted by Crippen LogP contribution is 2.27. The SMILES string of the molecule is C=C(C)C[C@@H](c1cccc(C)c1)N1CCNCC1. The fourth-order valence-corrected chi connectivity index (χ4v) is 2.66. The maximum absolute atomic E-state index is 4.10. The van der Waals surface area contributed by atoms with Crippen molar-refractivity contribution in [2.75, 3.05) is 26.2 Å². The normalized spacial score (nSPS) is 18.6. The zero-order valence-corrected chi connectivity index (χ0v) is 11.6. The molecule has 0 spiro atoms. The van der Waals surface area contributed by atoms with Crippen molar-refractivity contribution >= 4 is 0 Å². The van der Waals surface area contributed by atoms with E-state index in [1.165, 1.54) is 16.7 Å². The van der Waals surface area contributed by atoms with Gasteiger partial charge in [0, 0.05) is 32.2 Å².